The summed E-state index contributed by atoms with van der Waals surface area (Å²) in [4.78, 5) is 0. The van der Waals surface area contributed by atoms with Gasteiger partial charge in [0.05, 0.1) is 0 Å². The van der Waals surface area contributed by atoms with Gasteiger partial charge >= 0.3 is 0 Å². The smallest absolute Gasteiger partial charge is 0.00938 e. The highest BCUT2D eigenvalue weighted by molar-refractivity contribution is 5.85. The lowest BCUT2D eigenvalue weighted by atomic mass is 10.1. The molecular weight excluding hydrogens is 160 g/mol. The summed E-state index contributed by atoms with van der Waals surface area (Å²) in [5, 5.41) is 7.02. The predicted octanol–water partition coefficient (Wildman–Crippen LogP) is 0.912. The Morgan fingerprint density at radius 2 is 1.45 bits per heavy atom. The minimum atomic E-state index is 0. The maximum Gasteiger partial charge on any atom is 0.00938 e. The first-order valence-corrected chi connectivity index (χ1v) is 4.42. The topological polar surface area (TPSA) is 24.1 Å². The van der Waals surface area contributed by atoms with E-state index in [0.29, 0.717) is 0 Å². The van der Waals surface area contributed by atoms with Crippen LogP contribution in [0.1, 0.15) is 25.7 Å². The number of nitrogens with one attached hydrogen (secondary N) is 2. The zero-order chi connectivity index (χ0) is 6.81. The Bertz CT molecular complexity index is 109. The fourth-order valence-corrected chi connectivity index (χ4v) is 1.57. The molecule has 2 aliphatic rings. The summed E-state index contributed by atoms with van der Waals surface area (Å²) in [7, 11) is 0. The number of piperidine rings is 1. The van der Waals surface area contributed by atoms with Crippen LogP contribution in [-0.4, -0.2) is 25.2 Å². The first-order chi connectivity index (χ1) is 4.95. The summed E-state index contributed by atoms with van der Waals surface area (Å²) in [5.41, 5.74) is 0. The van der Waals surface area contributed by atoms with Crippen molar-refractivity contribution in [2.24, 2.45) is 0 Å². The molecule has 66 valence electrons. The summed E-state index contributed by atoms with van der Waals surface area (Å²) in [6.07, 6.45) is 5.50. The van der Waals surface area contributed by atoms with Crippen molar-refractivity contribution in [3.8, 4) is 0 Å². The Labute approximate surface area is 74.5 Å². The molecule has 2 N–H and O–H groups in total. The highest BCUT2D eigenvalue weighted by Gasteiger charge is 2.24. The minimum absolute atomic E-state index is 0. The molecule has 0 radical (unpaired) electrons. The van der Waals surface area contributed by atoms with Gasteiger partial charge in [0, 0.05) is 12.1 Å². The molecule has 1 saturated heterocycles. The maximum absolute atomic E-state index is 3.65. The minimum Gasteiger partial charge on any atom is -0.317 e. The Morgan fingerprint density at radius 1 is 0.909 bits per heavy atom. The van der Waals surface area contributed by atoms with Crippen molar-refractivity contribution in [3.05, 3.63) is 0 Å². The van der Waals surface area contributed by atoms with Crippen molar-refractivity contribution in [2.75, 3.05) is 13.1 Å². The van der Waals surface area contributed by atoms with Gasteiger partial charge < -0.3 is 10.6 Å². The molecule has 0 bridgehead atoms. The number of hydrogen-bond donors (Lipinski definition) is 2. The molecule has 0 unspecified atom stereocenters. The molecule has 2 fully saturated rings. The number of hydrogen-bond acceptors (Lipinski definition) is 2. The van der Waals surface area contributed by atoms with E-state index in [9.17, 15) is 0 Å². The van der Waals surface area contributed by atoms with E-state index in [1.54, 1.807) is 0 Å². The summed E-state index contributed by atoms with van der Waals surface area (Å²) in [6, 6.07) is 1.72. The lowest BCUT2D eigenvalue weighted by molar-refractivity contribution is 0.385. The molecule has 11 heavy (non-hydrogen) atoms. The van der Waals surface area contributed by atoms with Crippen molar-refractivity contribution in [1.29, 1.82) is 0 Å². The summed E-state index contributed by atoms with van der Waals surface area (Å²) >= 11 is 0. The summed E-state index contributed by atoms with van der Waals surface area (Å²) in [6.45, 7) is 2.43. The van der Waals surface area contributed by atoms with Crippen LogP contribution in [0.15, 0.2) is 0 Å². The van der Waals surface area contributed by atoms with Crippen LogP contribution < -0.4 is 10.6 Å². The van der Waals surface area contributed by atoms with E-state index in [2.05, 4.69) is 10.6 Å². The third-order valence-corrected chi connectivity index (χ3v) is 2.39. The molecule has 1 aliphatic heterocycles. The molecule has 1 saturated carbocycles. The van der Waals surface area contributed by atoms with Crippen molar-refractivity contribution in [2.45, 2.75) is 37.8 Å². The highest BCUT2D eigenvalue weighted by Crippen LogP contribution is 2.20. The average molecular weight is 177 g/mol. The maximum atomic E-state index is 3.65. The van der Waals surface area contributed by atoms with Crippen LogP contribution in [0.5, 0.6) is 0 Å². The van der Waals surface area contributed by atoms with Crippen LogP contribution in [0.2, 0.25) is 0 Å². The average Bonchev–Trinajstić information content (AvgIpc) is 2.74. The fourth-order valence-electron chi connectivity index (χ4n) is 1.57. The van der Waals surface area contributed by atoms with Crippen LogP contribution in [0, 0.1) is 0 Å². The lowest BCUT2D eigenvalue weighted by Gasteiger charge is -2.23. The van der Waals surface area contributed by atoms with E-state index < -0.39 is 0 Å². The predicted molar refractivity (Wildman–Crippen MR) is 49.3 cm³/mol. The number of halogens is 1. The molecule has 0 spiro atoms. The van der Waals surface area contributed by atoms with Gasteiger partial charge in [0.25, 0.3) is 0 Å². The Morgan fingerprint density at radius 3 is 2.00 bits per heavy atom. The van der Waals surface area contributed by atoms with E-state index in [1.807, 2.05) is 0 Å². The zero-order valence-electron chi connectivity index (χ0n) is 6.81. The van der Waals surface area contributed by atoms with Gasteiger partial charge in [-0.15, -0.1) is 12.4 Å². The van der Waals surface area contributed by atoms with Gasteiger partial charge in [0.15, 0.2) is 0 Å². The molecule has 2 rings (SSSR count). The van der Waals surface area contributed by atoms with Gasteiger partial charge in [-0.05, 0) is 38.8 Å². The van der Waals surface area contributed by atoms with Gasteiger partial charge in [0.2, 0.25) is 0 Å². The van der Waals surface area contributed by atoms with Crippen LogP contribution in [0.4, 0.5) is 0 Å². The molecular formula is C8H17ClN2. The Hall–Kier alpha value is 0.210. The molecule has 0 amide bonds. The monoisotopic (exact) mass is 176 g/mol. The van der Waals surface area contributed by atoms with Crippen LogP contribution >= 0.6 is 12.4 Å². The second-order valence-corrected chi connectivity index (χ2v) is 3.47. The Kier molecular flexibility index (Phi) is 3.63. The SMILES string of the molecule is C1CC(NC2CC2)CCN1.Cl. The first kappa shape index (κ1) is 9.30. The molecule has 1 heterocycles. The van der Waals surface area contributed by atoms with Crippen molar-refractivity contribution in [3.63, 3.8) is 0 Å². The fraction of sp³-hybridized carbons (Fsp3) is 1.00. The summed E-state index contributed by atoms with van der Waals surface area (Å²) in [5.74, 6) is 0. The van der Waals surface area contributed by atoms with Crippen molar-refractivity contribution >= 4 is 12.4 Å². The van der Waals surface area contributed by atoms with Crippen LogP contribution in [0.3, 0.4) is 0 Å². The Balaban J connectivity index is 0.000000605. The lowest BCUT2D eigenvalue weighted by Crippen LogP contribution is -2.40. The highest BCUT2D eigenvalue weighted by atomic mass is 35.5. The van der Waals surface area contributed by atoms with Crippen LogP contribution in [-0.2, 0) is 0 Å². The molecule has 2 nitrogen and oxygen atoms in total. The molecule has 0 aromatic rings. The first-order valence-electron chi connectivity index (χ1n) is 4.42. The van der Waals surface area contributed by atoms with Gasteiger partial charge in [-0.2, -0.15) is 0 Å². The van der Waals surface area contributed by atoms with Gasteiger partial charge in [-0.1, -0.05) is 0 Å². The molecule has 0 aromatic heterocycles. The standard InChI is InChI=1S/C8H16N2.ClH/c1-2-7(1)10-8-3-5-9-6-4-8;/h7-10H,1-6H2;1H. The van der Waals surface area contributed by atoms with Crippen LogP contribution in [0.25, 0.3) is 0 Å². The third kappa shape index (κ3) is 2.97. The van der Waals surface area contributed by atoms with Gasteiger partial charge in [0.1, 0.15) is 0 Å². The normalized spacial score (nSPS) is 26.2. The van der Waals surface area contributed by atoms with Gasteiger partial charge in [-0.25, -0.2) is 0 Å². The molecule has 1 aliphatic carbocycles. The zero-order valence-corrected chi connectivity index (χ0v) is 7.62. The van der Waals surface area contributed by atoms with Crippen molar-refractivity contribution in [1.82, 2.24) is 10.6 Å². The second-order valence-electron chi connectivity index (χ2n) is 3.47. The summed E-state index contributed by atoms with van der Waals surface area (Å²) < 4.78 is 0. The largest absolute Gasteiger partial charge is 0.317 e. The quantitative estimate of drug-likeness (QED) is 0.654. The van der Waals surface area contributed by atoms with E-state index >= 15 is 0 Å². The third-order valence-electron chi connectivity index (χ3n) is 2.39. The van der Waals surface area contributed by atoms with E-state index in [0.717, 1.165) is 12.1 Å². The second kappa shape index (κ2) is 4.29. The van der Waals surface area contributed by atoms with E-state index in [4.69, 9.17) is 0 Å². The van der Waals surface area contributed by atoms with E-state index in [1.165, 1.54) is 38.8 Å². The van der Waals surface area contributed by atoms with E-state index in [-0.39, 0.29) is 12.4 Å². The molecule has 0 atom stereocenters. The van der Waals surface area contributed by atoms with Crippen molar-refractivity contribution < 1.29 is 0 Å². The molecule has 3 heteroatoms. The molecule has 0 aromatic carbocycles. The van der Waals surface area contributed by atoms with Gasteiger partial charge in [-0.3, -0.25) is 0 Å². The number of rotatable bonds is 2.